The molecule has 0 heterocycles. The summed E-state index contributed by atoms with van der Waals surface area (Å²) in [5.74, 6) is 1.38. The molecule has 1 aliphatic carbocycles. The quantitative estimate of drug-likeness (QED) is 0.385. The minimum Gasteiger partial charge on any atom is -0.493 e. The number of benzene rings is 1. The van der Waals surface area contributed by atoms with Crippen molar-refractivity contribution in [3.8, 4) is 5.75 Å². The van der Waals surface area contributed by atoms with Crippen LogP contribution in [0.5, 0.6) is 5.75 Å². The molecule has 19 heavy (non-hydrogen) atoms. The highest BCUT2D eigenvalue weighted by molar-refractivity contribution is 6.34. The molecule has 0 aliphatic heterocycles. The molecule has 0 spiro atoms. The van der Waals surface area contributed by atoms with E-state index < -0.39 is 0 Å². The number of nitrogens with two attached hydrogens (primary N) is 1. The molecule has 5 heteroatoms. The standard InChI is InChI=1S/C14H19ClN2O2/c15-13-8-11(6-7-12(13)14(16)17-18)19-9-10-4-2-1-3-5-10/h6-8,10,18H,1-5,9H2,(H2,16,17). The van der Waals surface area contributed by atoms with Crippen LogP contribution in [0, 0.1) is 5.92 Å². The van der Waals surface area contributed by atoms with Gasteiger partial charge >= 0.3 is 0 Å². The fraction of sp³-hybridized carbons (Fsp3) is 0.500. The summed E-state index contributed by atoms with van der Waals surface area (Å²) in [4.78, 5) is 0. The maximum Gasteiger partial charge on any atom is 0.171 e. The molecule has 104 valence electrons. The van der Waals surface area contributed by atoms with Gasteiger partial charge in [-0.15, -0.1) is 0 Å². The molecule has 1 saturated carbocycles. The van der Waals surface area contributed by atoms with E-state index in [0.29, 0.717) is 16.5 Å². The van der Waals surface area contributed by atoms with Gasteiger partial charge in [-0.1, -0.05) is 36.0 Å². The van der Waals surface area contributed by atoms with Crippen LogP contribution in [0.25, 0.3) is 0 Å². The fourth-order valence-electron chi connectivity index (χ4n) is 2.42. The Morgan fingerprint density at radius 1 is 1.37 bits per heavy atom. The molecule has 1 aromatic carbocycles. The Hall–Kier alpha value is -1.42. The van der Waals surface area contributed by atoms with E-state index in [1.54, 1.807) is 18.2 Å². The summed E-state index contributed by atoms with van der Waals surface area (Å²) < 4.78 is 5.77. The normalized spacial score (nSPS) is 17.4. The molecule has 0 aromatic heterocycles. The summed E-state index contributed by atoms with van der Waals surface area (Å²) in [6, 6.07) is 5.20. The maximum absolute atomic E-state index is 8.63. The molecule has 2 rings (SSSR count). The van der Waals surface area contributed by atoms with E-state index >= 15 is 0 Å². The van der Waals surface area contributed by atoms with E-state index in [9.17, 15) is 0 Å². The highest BCUT2D eigenvalue weighted by atomic mass is 35.5. The molecular weight excluding hydrogens is 264 g/mol. The van der Waals surface area contributed by atoms with Gasteiger partial charge < -0.3 is 15.7 Å². The summed E-state index contributed by atoms with van der Waals surface area (Å²) in [7, 11) is 0. The molecule has 3 N–H and O–H groups in total. The highest BCUT2D eigenvalue weighted by Gasteiger charge is 2.14. The molecule has 1 aromatic rings. The lowest BCUT2D eigenvalue weighted by molar-refractivity contribution is 0.209. The van der Waals surface area contributed by atoms with Crippen LogP contribution < -0.4 is 10.5 Å². The Bertz CT molecular complexity index is 457. The van der Waals surface area contributed by atoms with Crippen molar-refractivity contribution >= 4 is 17.4 Å². The second kappa shape index (κ2) is 6.66. The van der Waals surface area contributed by atoms with Crippen LogP contribution in [0.15, 0.2) is 23.4 Å². The summed E-state index contributed by atoms with van der Waals surface area (Å²) in [6.07, 6.45) is 6.44. The minimum atomic E-state index is 0.00355. The number of hydrogen-bond donors (Lipinski definition) is 2. The lowest BCUT2D eigenvalue weighted by atomic mass is 9.90. The van der Waals surface area contributed by atoms with Gasteiger partial charge in [0.15, 0.2) is 5.84 Å². The Kier molecular flexibility index (Phi) is 4.91. The first-order valence-electron chi connectivity index (χ1n) is 6.61. The first kappa shape index (κ1) is 14.0. The van der Waals surface area contributed by atoms with Gasteiger partial charge in [-0.25, -0.2) is 0 Å². The van der Waals surface area contributed by atoms with Crippen LogP contribution in [0.2, 0.25) is 5.02 Å². The maximum atomic E-state index is 8.63. The van der Waals surface area contributed by atoms with Gasteiger partial charge in [0.25, 0.3) is 0 Å². The number of ether oxygens (including phenoxy) is 1. The number of hydrogen-bond acceptors (Lipinski definition) is 3. The third-order valence-corrected chi connectivity index (χ3v) is 3.85. The summed E-state index contributed by atoms with van der Waals surface area (Å²) in [6.45, 7) is 0.735. The predicted molar refractivity (Wildman–Crippen MR) is 76.0 cm³/mol. The van der Waals surface area contributed by atoms with Crippen LogP contribution in [0.4, 0.5) is 0 Å². The number of rotatable bonds is 4. The van der Waals surface area contributed by atoms with E-state index in [4.69, 9.17) is 27.3 Å². The summed E-state index contributed by atoms with van der Waals surface area (Å²) >= 11 is 6.07. The molecule has 1 fully saturated rings. The topological polar surface area (TPSA) is 67.8 Å². The number of nitrogens with zero attached hydrogens (tertiary/aromatic N) is 1. The van der Waals surface area contributed by atoms with E-state index in [0.717, 1.165) is 12.4 Å². The van der Waals surface area contributed by atoms with Gasteiger partial charge in [0.1, 0.15) is 5.75 Å². The zero-order valence-corrected chi connectivity index (χ0v) is 11.6. The van der Waals surface area contributed by atoms with Crippen molar-refractivity contribution in [1.82, 2.24) is 0 Å². The first-order valence-corrected chi connectivity index (χ1v) is 6.98. The average Bonchev–Trinajstić information content (AvgIpc) is 2.45. The van der Waals surface area contributed by atoms with Crippen LogP contribution >= 0.6 is 11.6 Å². The Labute approximate surface area is 118 Å². The molecule has 4 nitrogen and oxygen atoms in total. The van der Waals surface area contributed by atoms with Crippen molar-refractivity contribution in [2.75, 3.05) is 6.61 Å². The van der Waals surface area contributed by atoms with Crippen LogP contribution in [0.3, 0.4) is 0 Å². The number of halogens is 1. The average molecular weight is 283 g/mol. The van der Waals surface area contributed by atoms with Gasteiger partial charge in [0.2, 0.25) is 0 Å². The summed E-state index contributed by atoms with van der Waals surface area (Å²) in [5, 5.41) is 12.0. The zero-order valence-electron chi connectivity index (χ0n) is 10.8. The van der Waals surface area contributed by atoms with E-state index in [1.165, 1.54) is 32.1 Å². The third-order valence-electron chi connectivity index (χ3n) is 3.53. The largest absolute Gasteiger partial charge is 0.493 e. The van der Waals surface area contributed by atoms with Crippen molar-refractivity contribution in [3.05, 3.63) is 28.8 Å². The second-order valence-corrected chi connectivity index (χ2v) is 5.35. The predicted octanol–water partition coefficient (Wildman–Crippen LogP) is 3.39. The minimum absolute atomic E-state index is 0.00355. The van der Waals surface area contributed by atoms with Crippen molar-refractivity contribution in [3.63, 3.8) is 0 Å². The van der Waals surface area contributed by atoms with Crippen LogP contribution in [-0.2, 0) is 0 Å². The van der Waals surface area contributed by atoms with Crippen molar-refractivity contribution < 1.29 is 9.94 Å². The lowest BCUT2D eigenvalue weighted by Gasteiger charge is -2.21. The van der Waals surface area contributed by atoms with Crippen LogP contribution in [-0.4, -0.2) is 17.6 Å². The summed E-state index contributed by atoms with van der Waals surface area (Å²) in [5.41, 5.74) is 6.02. The number of amidine groups is 1. The Balaban J connectivity index is 1.96. The molecule has 0 unspecified atom stereocenters. The smallest absolute Gasteiger partial charge is 0.171 e. The van der Waals surface area contributed by atoms with Crippen molar-refractivity contribution in [2.45, 2.75) is 32.1 Å². The third kappa shape index (κ3) is 3.77. The molecule has 0 saturated heterocycles. The van der Waals surface area contributed by atoms with Gasteiger partial charge in [-0.2, -0.15) is 0 Å². The van der Waals surface area contributed by atoms with Crippen molar-refractivity contribution in [2.24, 2.45) is 16.8 Å². The highest BCUT2D eigenvalue weighted by Crippen LogP contribution is 2.26. The molecule has 1 aliphatic rings. The Morgan fingerprint density at radius 2 is 2.11 bits per heavy atom. The van der Waals surface area contributed by atoms with Gasteiger partial charge in [0, 0.05) is 5.56 Å². The molecular formula is C14H19ClN2O2. The van der Waals surface area contributed by atoms with Gasteiger partial charge in [-0.3, -0.25) is 0 Å². The molecule has 0 bridgehead atoms. The second-order valence-electron chi connectivity index (χ2n) is 4.94. The monoisotopic (exact) mass is 282 g/mol. The van der Waals surface area contributed by atoms with Gasteiger partial charge in [-0.05, 0) is 37.0 Å². The molecule has 0 radical (unpaired) electrons. The number of oxime groups is 1. The molecule has 0 amide bonds. The molecule has 0 atom stereocenters. The fourth-order valence-corrected chi connectivity index (χ4v) is 2.68. The Morgan fingerprint density at radius 3 is 2.74 bits per heavy atom. The van der Waals surface area contributed by atoms with Gasteiger partial charge in [0.05, 0.1) is 11.6 Å². The SMILES string of the molecule is NC(=NO)c1ccc(OCC2CCCCC2)cc1Cl. The first-order chi connectivity index (χ1) is 9.20. The lowest BCUT2D eigenvalue weighted by Crippen LogP contribution is -2.16. The van der Waals surface area contributed by atoms with E-state index in [2.05, 4.69) is 5.16 Å². The van der Waals surface area contributed by atoms with Crippen LogP contribution in [0.1, 0.15) is 37.7 Å². The zero-order chi connectivity index (χ0) is 13.7. The van der Waals surface area contributed by atoms with E-state index in [1.807, 2.05) is 0 Å². The van der Waals surface area contributed by atoms with E-state index in [-0.39, 0.29) is 5.84 Å². The van der Waals surface area contributed by atoms with Crippen molar-refractivity contribution in [1.29, 1.82) is 0 Å².